The Morgan fingerprint density at radius 3 is 2.53 bits per heavy atom. The molecule has 2 aliphatic rings. The van der Waals surface area contributed by atoms with E-state index >= 15 is 0 Å². The number of halogens is 2. The van der Waals surface area contributed by atoms with Crippen molar-refractivity contribution in [3.63, 3.8) is 0 Å². The fraction of sp³-hybridized carbons (Fsp3) is 0.364. The van der Waals surface area contributed by atoms with Crippen LogP contribution in [0.1, 0.15) is 12.5 Å². The highest BCUT2D eigenvalue weighted by Crippen LogP contribution is 2.49. The number of fused-ring (bicyclic) bond motifs is 2. The van der Waals surface area contributed by atoms with Crippen molar-refractivity contribution in [2.24, 2.45) is 0 Å². The highest BCUT2D eigenvalue weighted by molar-refractivity contribution is 5.58. The molecule has 0 N–H and O–H groups in total. The lowest BCUT2D eigenvalue weighted by molar-refractivity contribution is -0.286. The molecule has 0 saturated carbocycles. The third kappa shape index (κ3) is 1.32. The molecule has 88 valence electrons. The van der Waals surface area contributed by atoms with Crippen LogP contribution in [0.25, 0.3) is 0 Å². The van der Waals surface area contributed by atoms with E-state index in [0.717, 1.165) is 0 Å². The van der Waals surface area contributed by atoms with Gasteiger partial charge in [0.05, 0.1) is 6.07 Å². The molecule has 1 aromatic carbocycles. The van der Waals surface area contributed by atoms with Crippen molar-refractivity contribution in [3.05, 3.63) is 17.7 Å². The minimum atomic E-state index is -3.65. The van der Waals surface area contributed by atoms with E-state index in [2.05, 4.69) is 15.5 Å². The first-order chi connectivity index (χ1) is 7.93. The highest BCUT2D eigenvalue weighted by atomic mass is 19.3. The van der Waals surface area contributed by atoms with Gasteiger partial charge in [-0.2, -0.15) is 5.26 Å². The van der Waals surface area contributed by atoms with Gasteiger partial charge in [0.2, 0.25) is 0 Å². The van der Waals surface area contributed by atoms with Gasteiger partial charge in [0.25, 0.3) is 0 Å². The van der Waals surface area contributed by atoms with Crippen molar-refractivity contribution in [3.8, 4) is 23.3 Å². The van der Waals surface area contributed by atoms with E-state index in [1.165, 1.54) is 12.1 Å². The summed E-state index contributed by atoms with van der Waals surface area (Å²) in [6.45, 7) is 1.87. The number of benzene rings is 1. The van der Waals surface area contributed by atoms with Crippen LogP contribution in [0.15, 0.2) is 12.1 Å². The van der Waals surface area contributed by atoms with Gasteiger partial charge in [-0.3, -0.25) is 0 Å². The van der Waals surface area contributed by atoms with Gasteiger partial charge < -0.3 is 14.2 Å². The number of hydrogen-bond acceptors (Lipinski definition) is 4. The molecule has 0 saturated heterocycles. The average molecular weight is 239 g/mol. The molecule has 0 spiro atoms. The Bertz CT molecular complexity index is 552. The Morgan fingerprint density at radius 2 is 1.88 bits per heavy atom. The van der Waals surface area contributed by atoms with E-state index in [1.54, 1.807) is 6.92 Å². The SMILES string of the molecule is CC1(C#N)COc2cc3c(cc21)OC(F)(F)O3. The minimum absolute atomic E-state index is 0.0688. The maximum absolute atomic E-state index is 12.8. The first-order valence-electron chi connectivity index (χ1n) is 4.92. The van der Waals surface area contributed by atoms with Gasteiger partial charge in [-0.15, -0.1) is 8.78 Å². The summed E-state index contributed by atoms with van der Waals surface area (Å²) in [5, 5.41) is 9.07. The number of ether oxygens (including phenoxy) is 3. The Morgan fingerprint density at radius 1 is 1.24 bits per heavy atom. The van der Waals surface area contributed by atoms with Crippen molar-refractivity contribution in [2.75, 3.05) is 6.61 Å². The second-order valence-electron chi connectivity index (χ2n) is 4.20. The fourth-order valence-electron chi connectivity index (χ4n) is 1.92. The largest absolute Gasteiger partial charge is 0.586 e. The summed E-state index contributed by atoms with van der Waals surface area (Å²) < 4.78 is 39.6. The lowest BCUT2D eigenvalue weighted by Crippen LogP contribution is -2.26. The van der Waals surface area contributed by atoms with Gasteiger partial charge in [-0.25, -0.2) is 0 Å². The Labute approximate surface area is 95.3 Å². The summed E-state index contributed by atoms with van der Waals surface area (Å²) in [6, 6.07) is 4.80. The topological polar surface area (TPSA) is 51.5 Å². The van der Waals surface area contributed by atoms with E-state index < -0.39 is 11.7 Å². The molecule has 3 rings (SSSR count). The molecule has 0 amide bonds. The monoisotopic (exact) mass is 239 g/mol. The van der Waals surface area contributed by atoms with Crippen molar-refractivity contribution in [2.45, 2.75) is 18.6 Å². The zero-order valence-corrected chi connectivity index (χ0v) is 8.79. The van der Waals surface area contributed by atoms with Crippen molar-refractivity contribution < 1.29 is 23.0 Å². The van der Waals surface area contributed by atoms with E-state index in [0.29, 0.717) is 11.3 Å². The molecule has 0 aliphatic carbocycles. The number of nitriles is 1. The molecule has 4 nitrogen and oxygen atoms in total. The molecule has 2 aliphatic heterocycles. The number of nitrogens with zero attached hydrogens (tertiary/aromatic N) is 1. The Hall–Kier alpha value is -2.03. The molecule has 1 aromatic rings. The van der Waals surface area contributed by atoms with E-state index in [4.69, 9.17) is 10.00 Å². The molecule has 17 heavy (non-hydrogen) atoms. The molecular weight excluding hydrogens is 232 g/mol. The molecule has 6 heteroatoms. The van der Waals surface area contributed by atoms with Crippen molar-refractivity contribution >= 4 is 0 Å². The van der Waals surface area contributed by atoms with Crippen LogP contribution < -0.4 is 14.2 Å². The van der Waals surface area contributed by atoms with Crippen LogP contribution in [0.3, 0.4) is 0 Å². The molecule has 1 unspecified atom stereocenters. The van der Waals surface area contributed by atoms with Crippen LogP contribution in [-0.4, -0.2) is 12.9 Å². The normalized spacial score (nSPS) is 27.2. The lowest BCUT2D eigenvalue weighted by atomic mass is 9.86. The zero-order valence-electron chi connectivity index (χ0n) is 8.79. The molecule has 0 radical (unpaired) electrons. The Kier molecular flexibility index (Phi) is 1.67. The van der Waals surface area contributed by atoms with Gasteiger partial charge in [0.15, 0.2) is 11.5 Å². The average Bonchev–Trinajstić information content (AvgIpc) is 2.73. The maximum atomic E-state index is 12.8. The molecule has 0 aromatic heterocycles. The quantitative estimate of drug-likeness (QED) is 0.696. The predicted octanol–water partition coefficient (Wildman–Crippen LogP) is 2.18. The lowest BCUT2D eigenvalue weighted by Gasteiger charge is -2.11. The van der Waals surface area contributed by atoms with E-state index in [-0.39, 0.29) is 18.1 Å². The molecular formula is C11H7F2NO3. The standard InChI is InChI=1S/C11H7F2NO3/c1-10(4-14)5-15-7-3-9-8(2-6(7)10)16-11(12,13)17-9/h2-3H,5H2,1H3. The van der Waals surface area contributed by atoms with Crippen LogP contribution >= 0.6 is 0 Å². The zero-order chi connectivity index (χ0) is 12.3. The third-order valence-corrected chi connectivity index (χ3v) is 2.86. The number of alkyl halides is 2. The molecule has 0 fully saturated rings. The first kappa shape index (κ1) is 10.1. The summed E-state index contributed by atoms with van der Waals surface area (Å²) >= 11 is 0. The number of hydrogen-bond donors (Lipinski definition) is 0. The van der Waals surface area contributed by atoms with Gasteiger partial charge in [-0.1, -0.05) is 0 Å². The summed E-state index contributed by atoms with van der Waals surface area (Å²) in [5.41, 5.74) is -0.300. The highest BCUT2D eigenvalue weighted by Gasteiger charge is 2.46. The van der Waals surface area contributed by atoms with Crippen LogP contribution in [0.2, 0.25) is 0 Å². The number of rotatable bonds is 0. The molecule has 2 heterocycles. The van der Waals surface area contributed by atoms with Crippen LogP contribution in [0.4, 0.5) is 8.78 Å². The van der Waals surface area contributed by atoms with Gasteiger partial charge in [0.1, 0.15) is 17.8 Å². The van der Waals surface area contributed by atoms with Crippen molar-refractivity contribution in [1.29, 1.82) is 5.26 Å². The van der Waals surface area contributed by atoms with Crippen LogP contribution in [-0.2, 0) is 5.41 Å². The van der Waals surface area contributed by atoms with Gasteiger partial charge in [-0.05, 0) is 13.0 Å². The van der Waals surface area contributed by atoms with Gasteiger partial charge >= 0.3 is 6.29 Å². The predicted molar refractivity (Wildman–Crippen MR) is 51.1 cm³/mol. The summed E-state index contributed by atoms with van der Waals surface area (Å²) in [5.74, 6) is 0.241. The van der Waals surface area contributed by atoms with Crippen molar-refractivity contribution in [1.82, 2.24) is 0 Å². The second-order valence-corrected chi connectivity index (χ2v) is 4.20. The molecule has 1 atom stereocenters. The summed E-state index contributed by atoms with van der Waals surface area (Å²) in [7, 11) is 0. The summed E-state index contributed by atoms with van der Waals surface area (Å²) in [4.78, 5) is 0. The molecule has 0 bridgehead atoms. The van der Waals surface area contributed by atoms with Gasteiger partial charge in [0, 0.05) is 11.6 Å². The van der Waals surface area contributed by atoms with Crippen LogP contribution in [0, 0.1) is 11.3 Å². The third-order valence-electron chi connectivity index (χ3n) is 2.86. The first-order valence-corrected chi connectivity index (χ1v) is 4.92. The minimum Gasteiger partial charge on any atom is -0.491 e. The Balaban J connectivity index is 2.12. The van der Waals surface area contributed by atoms with E-state index in [1.807, 2.05) is 0 Å². The second kappa shape index (κ2) is 2.80. The summed E-state index contributed by atoms with van der Waals surface area (Å²) in [6.07, 6.45) is -3.65. The maximum Gasteiger partial charge on any atom is 0.586 e. The fourth-order valence-corrected chi connectivity index (χ4v) is 1.92. The smallest absolute Gasteiger partial charge is 0.491 e. The van der Waals surface area contributed by atoms with Crippen LogP contribution in [0.5, 0.6) is 17.2 Å². The van der Waals surface area contributed by atoms with E-state index in [9.17, 15) is 8.78 Å².